The third-order valence-electron chi connectivity index (χ3n) is 3.83. The number of nitrogens with one attached hydrogen (secondary N) is 1. The van der Waals surface area contributed by atoms with E-state index in [1.54, 1.807) is 0 Å². The molecule has 1 aromatic rings. The molecule has 1 aromatic carbocycles. The SMILES string of the molecule is CCCCCCNC(=O)C1(c2ccccc2)CC1. The van der Waals surface area contributed by atoms with Crippen molar-refractivity contribution < 1.29 is 4.79 Å². The van der Waals surface area contributed by atoms with Crippen LogP contribution in [0.2, 0.25) is 0 Å². The van der Waals surface area contributed by atoms with Crippen LogP contribution in [0.25, 0.3) is 0 Å². The molecule has 0 atom stereocenters. The highest BCUT2D eigenvalue weighted by Gasteiger charge is 2.50. The Hall–Kier alpha value is -1.31. The van der Waals surface area contributed by atoms with Crippen molar-refractivity contribution in [3.63, 3.8) is 0 Å². The molecule has 2 nitrogen and oxygen atoms in total. The zero-order chi connectivity index (χ0) is 12.8. The second-order valence-electron chi connectivity index (χ2n) is 5.26. The number of benzene rings is 1. The molecule has 0 spiro atoms. The van der Waals surface area contributed by atoms with Crippen LogP contribution in [0.3, 0.4) is 0 Å². The molecule has 1 saturated carbocycles. The fourth-order valence-electron chi connectivity index (χ4n) is 2.45. The van der Waals surface area contributed by atoms with Gasteiger partial charge in [-0.1, -0.05) is 56.5 Å². The van der Waals surface area contributed by atoms with Crippen molar-refractivity contribution in [2.45, 2.75) is 50.9 Å². The summed E-state index contributed by atoms with van der Waals surface area (Å²) in [6, 6.07) is 10.2. The lowest BCUT2D eigenvalue weighted by atomic mass is 9.95. The van der Waals surface area contributed by atoms with Crippen molar-refractivity contribution in [3.8, 4) is 0 Å². The van der Waals surface area contributed by atoms with E-state index in [4.69, 9.17) is 0 Å². The van der Waals surface area contributed by atoms with Gasteiger partial charge in [-0.15, -0.1) is 0 Å². The van der Waals surface area contributed by atoms with Gasteiger partial charge in [0, 0.05) is 6.54 Å². The molecule has 1 N–H and O–H groups in total. The van der Waals surface area contributed by atoms with Crippen LogP contribution >= 0.6 is 0 Å². The van der Waals surface area contributed by atoms with E-state index in [1.807, 2.05) is 18.2 Å². The van der Waals surface area contributed by atoms with Gasteiger partial charge in [-0.3, -0.25) is 4.79 Å². The molecule has 0 saturated heterocycles. The molecule has 0 radical (unpaired) electrons. The van der Waals surface area contributed by atoms with Crippen LogP contribution < -0.4 is 5.32 Å². The lowest BCUT2D eigenvalue weighted by Crippen LogP contribution is -2.35. The molecule has 1 fully saturated rings. The Morgan fingerprint density at radius 3 is 2.50 bits per heavy atom. The van der Waals surface area contributed by atoms with Crippen molar-refractivity contribution in [1.29, 1.82) is 0 Å². The molecule has 0 bridgehead atoms. The summed E-state index contributed by atoms with van der Waals surface area (Å²) in [6.07, 6.45) is 6.82. The van der Waals surface area contributed by atoms with Crippen molar-refractivity contribution in [2.24, 2.45) is 0 Å². The van der Waals surface area contributed by atoms with E-state index in [0.29, 0.717) is 0 Å². The number of amides is 1. The maximum Gasteiger partial charge on any atom is 0.230 e. The van der Waals surface area contributed by atoms with Crippen LogP contribution in [0.4, 0.5) is 0 Å². The number of unbranched alkanes of at least 4 members (excludes halogenated alkanes) is 3. The van der Waals surface area contributed by atoms with Crippen molar-refractivity contribution in [3.05, 3.63) is 35.9 Å². The molecular weight excluding hydrogens is 222 g/mol. The maximum absolute atomic E-state index is 12.2. The van der Waals surface area contributed by atoms with Gasteiger partial charge in [0.05, 0.1) is 5.41 Å². The first-order valence-corrected chi connectivity index (χ1v) is 7.13. The quantitative estimate of drug-likeness (QED) is 0.733. The summed E-state index contributed by atoms with van der Waals surface area (Å²) in [5.74, 6) is 0.227. The van der Waals surface area contributed by atoms with Crippen LogP contribution in [-0.2, 0) is 10.2 Å². The fourth-order valence-corrected chi connectivity index (χ4v) is 2.45. The average Bonchev–Trinajstić information content (AvgIpc) is 3.21. The van der Waals surface area contributed by atoms with E-state index in [-0.39, 0.29) is 11.3 Å². The smallest absolute Gasteiger partial charge is 0.230 e. The maximum atomic E-state index is 12.2. The Balaban J connectivity index is 1.82. The fraction of sp³-hybridized carbons (Fsp3) is 0.562. The van der Waals surface area contributed by atoms with Gasteiger partial charge in [-0.05, 0) is 24.8 Å². The third kappa shape index (κ3) is 2.92. The Bertz CT molecular complexity index is 381. The molecule has 1 amide bonds. The van der Waals surface area contributed by atoms with Crippen molar-refractivity contribution >= 4 is 5.91 Å². The summed E-state index contributed by atoms with van der Waals surface area (Å²) in [7, 11) is 0. The summed E-state index contributed by atoms with van der Waals surface area (Å²) in [5, 5.41) is 3.10. The molecule has 0 heterocycles. The molecule has 1 aliphatic carbocycles. The van der Waals surface area contributed by atoms with Crippen LogP contribution in [0.15, 0.2) is 30.3 Å². The van der Waals surface area contributed by atoms with Gasteiger partial charge < -0.3 is 5.32 Å². The van der Waals surface area contributed by atoms with Crippen LogP contribution in [0.5, 0.6) is 0 Å². The van der Waals surface area contributed by atoms with Crippen molar-refractivity contribution in [2.75, 3.05) is 6.54 Å². The standard InChI is InChI=1S/C16H23NO/c1-2-3-4-8-13-17-15(18)16(11-12-16)14-9-6-5-7-10-14/h5-7,9-10H,2-4,8,11-13H2,1H3,(H,17,18). The zero-order valence-corrected chi connectivity index (χ0v) is 11.2. The monoisotopic (exact) mass is 245 g/mol. The number of rotatable bonds is 7. The minimum absolute atomic E-state index is 0.202. The average molecular weight is 245 g/mol. The van der Waals surface area contributed by atoms with E-state index in [9.17, 15) is 4.79 Å². The Labute approximate surface area is 110 Å². The minimum Gasteiger partial charge on any atom is -0.355 e. The molecular formula is C16H23NO. The molecule has 1 aliphatic rings. The predicted molar refractivity (Wildman–Crippen MR) is 74.5 cm³/mol. The first kappa shape index (κ1) is 13.1. The summed E-state index contributed by atoms with van der Waals surface area (Å²) in [5.41, 5.74) is 0.975. The number of hydrogen-bond acceptors (Lipinski definition) is 1. The highest BCUT2D eigenvalue weighted by molar-refractivity contribution is 5.91. The lowest BCUT2D eigenvalue weighted by molar-refractivity contribution is -0.123. The van der Waals surface area contributed by atoms with E-state index < -0.39 is 0 Å². The number of carbonyl (C=O) groups is 1. The van der Waals surface area contributed by atoms with E-state index in [0.717, 1.165) is 25.8 Å². The molecule has 2 rings (SSSR count). The molecule has 2 heteroatoms. The summed E-state index contributed by atoms with van der Waals surface area (Å²) < 4.78 is 0. The topological polar surface area (TPSA) is 29.1 Å². The summed E-state index contributed by atoms with van der Waals surface area (Å²) in [6.45, 7) is 3.03. The minimum atomic E-state index is -0.202. The second-order valence-corrected chi connectivity index (χ2v) is 5.26. The second kappa shape index (κ2) is 6.03. The Morgan fingerprint density at radius 1 is 1.17 bits per heavy atom. The molecule has 18 heavy (non-hydrogen) atoms. The molecule has 98 valence electrons. The summed E-state index contributed by atoms with van der Waals surface area (Å²) in [4.78, 5) is 12.2. The van der Waals surface area contributed by atoms with Gasteiger partial charge in [-0.25, -0.2) is 0 Å². The van der Waals surface area contributed by atoms with Crippen LogP contribution in [-0.4, -0.2) is 12.5 Å². The first-order chi connectivity index (χ1) is 8.79. The Morgan fingerprint density at radius 2 is 1.89 bits per heavy atom. The van der Waals surface area contributed by atoms with E-state index in [1.165, 1.54) is 24.8 Å². The zero-order valence-electron chi connectivity index (χ0n) is 11.2. The van der Waals surface area contributed by atoms with Crippen LogP contribution in [0.1, 0.15) is 51.0 Å². The number of hydrogen-bond donors (Lipinski definition) is 1. The van der Waals surface area contributed by atoms with Crippen LogP contribution in [0, 0.1) is 0 Å². The van der Waals surface area contributed by atoms with Gasteiger partial charge in [0.15, 0.2) is 0 Å². The largest absolute Gasteiger partial charge is 0.355 e. The van der Waals surface area contributed by atoms with Gasteiger partial charge in [0.25, 0.3) is 0 Å². The normalized spacial score (nSPS) is 16.3. The number of carbonyl (C=O) groups excluding carboxylic acids is 1. The molecule has 0 unspecified atom stereocenters. The van der Waals surface area contributed by atoms with Gasteiger partial charge in [-0.2, -0.15) is 0 Å². The van der Waals surface area contributed by atoms with Gasteiger partial charge in [0.2, 0.25) is 5.91 Å². The highest BCUT2D eigenvalue weighted by atomic mass is 16.2. The third-order valence-corrected chi connectivity index (χ3v) is 3.83. The highest BCUT2D eigenvalue weighted by Crippen LogP contribution is 2.48. The molecule has 0 aromatic heterocycles. The van der Waals surface area contributed by atoms with Gasteiger partial charge >= 0.3 is 0 Å². The van der Waals surface area contributed by atoms with E-state index in [2.05, 4.69) is 24.4 Å². The van der Waals surface area contributed by atoms with E-state index >= 15 is 0 Å². The predicted octanol–water partition coefficient (Wildman–Crippen LogP) is 3.41. The van der Waals surface area contributed by atoms with Crippen molar-refractivity contribution in [1.82, 2.24) is 5.32 Å². The summed E-state index contributed by atoms with van der Waals surface area (Å²) >= 11 is 0. The Kier molecular flexibility index (Phi) is 4.40. The van der Waals surface area contributed by atoms with Gasteiger partial charge in [0.1, 0.15) is 0 Å². The lowest BCUT2D eigenvalue weighted by Gasteiger charge is -2.15. The molecule has 0 aliphatic heterocycles. The first-order valence-electron chi connectivity index (χ1n) is 7.13.